The van der Waals surface area contributed by atoms with Crippen LogP contribution < -0.4 is 10.5 Å². The highest BCUT2D eigenvalue weighted by Crippen LogP contribution is 2.35. The maximum absolute atomic E-state index is 15.2. The van der Waals surface area contributed by atoms with Crippen molar-refractivity contribution >= 4 is 46.1 Å². The molecule has 0 radical (unpaired) electrons. The van der Waals surface area contributed by atoms with E-state index in [2.05, 4.69) is 14.7 Å². The molecule has 1 aromatic heterocycles. The molecule has 3 N–H and O–H groups in total. The highest BCUT2D eigenvalue weighted by molar-refractivity contribution is 8.00. The van der Waals surface area contributed by atoms with Gasteiger partial charge in [0.25, 0.3) is 0 Å². The van der Waals surface area contributed by atoms with Gasteiger partial charge in [-0.2, -0.15) is 0 Å². The van der Waals surface area contributed by atoms with E-state index in [1.165, 1.54) is 18.3 Å². The maximum Gasteiger partial charge on any atom is 0.220 e. The van der Waals surface area contributed by atoms with Gasteiger partial charge < -0.3 is 10.5 Å². The van der Waals surface area contributed by atoms with Gasteiger partial charge in [-0.05, 0) is 66.4 Å². The third-order valence-corrected chi connectivity index (χ3v) is 5.66. The largest absolute Gasteiger partial charge is 0.368 e. The first kappa shape index (κ1) is 19.4. The number of hydrogen-bond donors (Lipinski definition) is 2. The van der Waals surface area contributed by atoms with E-state index in [1.54, 1.807) is 24.3 Å². The first-order valence-electron chi connectivity index (χ1n) is 8.62. The number of nitrogen functional groups attached to an aromatic ring is 1. The van der Waals surface area contributed by atoms with Crippen LogP contribution in [-0.2, 0) is 0 Å². The van der Waals surface area contributed by atoms with Crippen molar-refractivity contribution < 1.29 is 8.78 Å². The molecule has 1 heterocycles. The lowest BCUT2D eigenvalue weighted by Gasteiger charge is -2.13. The highest BCUT2D eigenvalue weighted by atomic mass is 35.5. The molecule has 0 saturated heterocycles. The van der Waals surface area contributed by atoms with Crippen LogP contribution in [0.5, 0.6) is 0 Å². The number of fused-ring (bicyclic) bond motifs is 1. The number of nitrogens with two attached hydrogens (primary N) is 1. The fourth-order valence-electron chi connectivity index (χ4n) is 2.90. The lowest BCUT2D eigenvalue weighted by atomic mass is 10.0. The molecule has 146 valence electrons. The number of nitrogens with one attached hydrogen (secondary N) is 1. The van der Waals surface area contributed by atoms with Gasteiger partial charge in [-0.15, -0.1) is 0 Å². The number of aromatic nitrogens is 2. The molecule has 4 rings (SSSR count). The minimum Gasteiger partial charge on any atom is -0.368 e. The number of anilines is 2. The second-order valence-electron chi connectivity index (χ2n) is 6.42. The number of nitrogens with zero attached hydrogens (tertiary/aromatic N) is 2. The van der Waals surface area contributed by atoms with Crippen molar-refractivity contribution in [2.75, 3.05) is 10.5 Å². The van der Waals surface area contributed by atoms with Crippen LogP contribution in [0.15, 0.2) is 59.6 Å². The zero-order valence-corrected chi connectivity index (χ0v) is 16.8. The van der Waals surface area contributed by atoms with Crippen LogP contribution in [0.25, 0.3) is 22.0 Å². The minimum absolute atomic E-state index is 0.135. The average Bonchev–Trinajstić information content (AvgIpc) is 2.70. The molecule has 0 aliphatic heterocycles. The Morgan fingerprint density at radius 3 is 2.72 bits per heavy atom. The van der Waals surface area contributed by atoms with Gasteiger partial charge in [-0.25, -0.2) is 18.7 Å². The van der Waals surface area contributed by atoms with Gasteiger partial charge in [0.15, 0.2) is 5.82 Å². The Bertz CT molecular complexity index is 1230. The molecule has 0 saturated carbocycles. The predicted molar refractivity (Wildman–Crippen MR) is 115 cm³/mol. The van der Waals surface area contributed by atoms with E-state index >= 15 is 4.39 Å². The van der Waals surface area contributed by atoms with Crippen molar-refractivity contribution in [1.29, 1.82) is 0 Å². The molecule has 0 amide bonds. The van der Waals surface area contributed by atoms with Gasteiger partial charge in [0.05, 0.1) is 21.8 Å². The molecule has 0 atom stereocenters. The minimum atomic E-state index is -0.697. The van der Waals surface area contributed by atoms with Crippen molar-refractivity contribution in [2.45, 2.75) is 11.8 Å². The first-order valence-corrected chi connectivity index (χ1v) is 9.81. The second-order valence-corrected chi connectivity index (χ2v) is 7.68. The molecule has 0 unspecified atom stereocenters. The Morgan fingerprint density at radius 2 is 1.90 bits per heavy atom. The van der Waals surface area contributed by atoms with Gasteiger partial charge in [-0.1, -0.05) is 23.7 Å². The van der Waals surface area contributed by atoms with E-state index in [9.17, 15) is 4.39 Å². The van der Waals surface area contributed by atoms with Crippen LogP contribution >= 0.6 is 23.5 Å². The van der Waals surface area contributed by atoms with Crippen LogP contribution in [0.4, 0.5) is 20.4 Å². The van der Waals surface area contributed by atoms with Crippen molar-refractivity contribution in [3.63, 3.8) is 0 Å². The molecule has 29 heavy (non-hydrogen) atoms. The van der Waals surface area contributed by atoms with Crippen LogP contribution in [0.2, 0.25) is 5.02 Å². The SMILES string of the molecule is Cc1ccc(Cl)c(SNc2ccc(F)c(-c3ccc4nc(N)ncc4c3)c2F)c1. The average molecular weight is 429 g/mol. The van der Waals surface area contributed by atoms with E-state index in [-0.39, 0.29) is 17.2 Å². The topological polar surface area (TPSA) is 63.8 Å². The highest BCUT2D eigenvalue weighted by Gasteiger charge is 2.17. The van der Waals surface area contributed by atoms with Crippen molar-refractivity contribution in [2.24, 2.45) is 0 Å². The monoisotopic (exact) mass is 428 g/mol. The summed E-state index contributed by atoms with van der Waals surface area (Å²) < 4.78 is 32.6. The van der Waals surface area contributed by atoms with E-state index in [4.69, 9.17) is 17.3 Å². The number of benzene rings is 3. The molecule has 0 bridgehead atoms. The lowest BCUT2D eigenvalue weighted by molar-refractivity contribution is 0.592. The smallest absolute Gasteiger partial charge is 0.220 e. The number of hydrogen-bond acceptors (Lipinski definition) is 5. The Balaban J connectivity index is 1.70. The first-order chi connectivity index (χ1) is 13.9. The molecule has 0 aliphatic carbocycles. The molecule has 0 fully saturated rings. The summed E-state index contributed by atoms with van der Waals surface area (Å²) in [5.74, 6) is -1.22. The zero-order valence-electron chi connectivity index (χ0n) is 15.2. The van der Waals surface area contributed by atoms with Crippen molar-refractivity contribution in [1.82, 2.24) is 9.97 Å². The Hall–Kier alpha value is -2.90. The Morgan fingerprint density at radius 1 is 1.07 bits per heavy atom. The summed E-state index contributed by atoms with van der Waals surface area (Å²) in [6, 6.07) is 13.0. The van der Waals surface area contributed by atoms with E-state index < -0.39 is 11.6 Å². The quantitative estimate of drug-likeness (QED) is 0.377. The molecule has 4 nitrogen and oxygen atoms in total. The molecule has 3 aromatic carbocycles. The van der Waals surface area contributed by atoms with Crippen molar-refractivity contribution in [3.8, 4) is 11.1 Å². The summed E-state index contributed by atoms with van der Waals surface area (Å²) in [7, 11) is 0. The van der Waals surface area contributed by atoms with Gasteiger partial charge in [0, 0.05) is 16.5 Å². The van der Waals surface area contributed by atoms with E-state index in [0.717, 1.165) is 22.4 Å². The second kappa shape index (κ2) is 7.85. The normalized spacial score (nSPS) is 11.0. The molecular weight excluding hydrogens is 414 g/mol. The van der Waals surface area contributed by atoms with Gasteiger partial charge in [0.1, 0.15) is 5.82 Å². The summed E-state index contributed by atoms with van der Waals surface area (Å²) in [4.78, 5) is 8.78. The van der Waals surface area contributed by atoms with Crippen LogP contribution in [0.1, 0.15) is 5.56 Å². The molecule has 0 spiro atoms. The third kappa shape index (κ3) is 3.97. The number of aryl methyl sites for hydroxylation is 1. The predicted octanol–water partition coefficient (Wildman–Crippen LogP) is 6.24. The Labute approximate surface area is 175 Å². The summed E-state index contributed by atoms with van der Waals surface area (Å²) >= 11 is 7.35. The van der Waals surface area contributed by atoms with Gasteiger partial charge in [0.2, 0.25) is 5.95 Å². The Kier molecular flexibility index (Phi) is 5.25. The maximum atomic E-state index is 15.2. The lowest BCUT2D eigenvalue weighted by Crippen LogP contribution is -1.98. The third-order valence-electron chi connectivity index (χ3n) is 4.34. The summed E-state index contributed by atoms with van der Waals surface area (Å²) in [6.45, 7) is 1.94. The molecule has 8 heteroatoms. The van der Waals surface area contributed by atoms with Crippen LogP contribution in [-0.4, -0.2) is 9.97 Å². The van der Waals surface area contributed by atoms with Crippen LogP contribution in [0.3, 0.4) is 0 Å². The molecule has 4 aromatic rings. The summed E-state index contributed by atoms with van der Waals surface area (Å²) in [5.41, 5.74) is 7.60. The molecular formula is C21H15ClF2N4S. The van der Waals surface area contributed by atoms with Gasteiger partial charge >= 0.3 is 0 Å². The zero-order chi connectivity index (χ0) is 20.5. The summed E-state index contributed by atoms with van der Waals surface area (Å²) in [5, 5.41) is 1.18. The van der Waals surface area contributed by atoms with Crippen molar-refractivity contribution in [3.05, 3.63) is 76.9 Å². The van der Waals surface area contributed by atoms with Gasteiger partial charge in [-0.3, -0.25) is 0 Å². The standard InChI is InChI=1S/C21H15ClF2N4S/c1-11-2-4-14(22)18(8-11)29-28-17-7-5-15(23)19(20(17)24)12-3-6-16-13(9-12)10-26-21(25)27-16/h2-10,28H,1H3,(H2,25,26,27). The molecule has 0 aliphatic rings. The number of halogens is 3. The number of rotatable bonds is 4. The fourth-order valence-corrected chi connectivity index (χ4v) is 3.92. The van der Waals surface area contributed by atoms with E-state index in [0.29, 0.717) is 21.5 Å². The van der Waals surface area contributed by atoms with E-state index in [1.807, 2.05) is 19.1 Å². The van der Waals surface area contributed by atoms with Crippen LogP contribution in [0, 0.1) is 18.6 Å². The summed E-state index contributed by atoms with van der Waals surface area (Å²) in [6.07, 6.45) is 1.52. The fraction of sp³-hybridized carbons (Fsp3) is 0.0476.